The van der Waals surface area contributed by atoms with Crippen molar-refractivity contribution in [1.82, 2.24) is 10.2 Å². The Bertz CT molecular complexity index is 429. The van der Waals surface area contributed by atoms with Gasteiger partial charge in [-0.1, -0.05) is 17.7 Å². The van der Waals surface area contributed by atoms with Gasteiger partial charge >= 0.3 is 0 Å². The van der Waals surface area contributed by atoms with E-state index >= 15 is 0 Å². The van der Waals surface area contributed by atoms with Crippen LogP contribution in [-0.2, 0) is 0 Å². The van der Waals surface area contributed by atoms with Crippen molar-refractivity contribution in [2.45, 2.75) is 18.9 Å². The maximum atomic E-state index is 12.8. The number of rotatable bonds is 4. The maximum absolute atomic E-state index is 12.8. The van der Waals surface area contributed by atoms with Crippen molar-refractivity contribution in [2.24, 2.45) is 0 Å². The van der Waals surface area contributed by atoms with Crippen molar-refractivity contribution < 1.29 is 13.9 Å². The summed E-state index contributed by atoms with van der Waals surface area (Å²) in [6.45, 7) is 3.06. The molecule has 1 aliphatic rings. The molecule has 2 rings (SSSR count). The summed E-state index contributed by atoms with van der Waals surface area (Å²) in [5.74, 6) is -0.0264. The van der Waals surface area contributed by atoms with E-state index in [1.807, 2.05) is 4.90 Å². The molecule has 0 saturated carbocycles. The van der Waals surface area contributed by atoms with E-state index in [-0.39, 0.29) is 35.6 Å². The van der Waals surface area contributed by atoms with E-state index in [1.54, 1.807) is 12.1 Å². The summed E-state index contributed by atoms with van der Waals surface area (Å²) < 4.78 is 25.6. The number of benzene rings is 1. The SMILES string of the molecule is Cl.Oc1ccc([C@@H](CC(F)F)N2CCNCC2)cc1Cl. The Balaban J connectivity index is 0.00000200. The summed E-state index contributed by atoms with van der Waals surface area (Å²) >= 11 is 5.87. The standard InChI is InChI=1S/C13H17ClF2N2O.ClH/c14-10-7-9(1-2-12(10)19)11(8-13(15)16)18-5-3-17-4-6-18;/h1-2,7,11,13,17,19H,3-6,8H2;1H/t11-;/m1./s1. The molecule has 0 aliphatic carbocycles. The number of alkyl halides is 2. The Kier molecular flexibility index (Phi) is 6.95. The van der Waals surface area contributed by atoms with Gasteiger partial charge in [0.25, 0.3) is 0 Å². The summed E-state index contributed by atoms with van der Waals surface area (Å²) in [5, 5.41) is 12.8. The highest BCUT2D eigenvalue weighted by Gasteiger charge is 2.25. The number of aromatic hydroxyl groups is 1. The molecule has 0 unspecified atom stereocenters. The van der Waals surface area contributed by atoms with E-state index in [1.165, 1.54) is 6.07 Å². The second-order valence-electron chi connectivity index (χ2n) is 4.64. The van der Waals surface area contributed by atoms with Gasteiger partial charge < -0.3 is 10.4 Å². The Labute approximate surface area is 128 Å². The molecule has 0 aromatic heterocycles. The molecule has 3 nitrogen and oxygen atoms in total. The molecule has 1 aliphatic heterocycles. The lowest BCUT2D eigenvalue weighted by atomic mass is 10.0. The molecule has 1 fully saturated rings. The first kappa shape index (κ1) is 17.4. The summed E-state index contributed by atoms with van der Waals surface area (Å²) in [4.78, 5) is 2.03. The van der Waals surface area contributed by atoms with Gasteiger partial charge in [-0.05, 0) is 17.7 Å². The van der Waals surface area contributed by atoms with E-state index in [4.69, 9.17) is 11.6 Å². The molecule has 7 heteroatoms. The number of hydrogen-bond donors (Lipinski definition) is 2. The average molecular weight is 327 g/mol. The fraction of sp³-hybridized carbons (Fsp3) is 0.538. The van der Waals surface area contributed by atoms with Crippen LogP contribution in [0.15, 0.2) is 18.2 Å². The van der Waals surface area contributed by atoms with E-state index in [9.17, 15) is 13.9 Å². The molecule has 1 saturated heterocycles. The van der Waals surface area contributed by atoms with Gasteiger partial charge in [0, 0.05) is 38.6 Å². The van der Waals surface area contributed by atoms with E-state index in [0.29, 0.717) is 0 Å². The molecule has 1 aromatic carbocycles. The van der Waals surface area contributed by atoms with Gasteiger partial charge in [-0.2, -0.15) is 0 Å². The largest absolute Gasteiger partial charge is 0.506 e. The fourth-order valence-corrected chi connectivity index (χ4v) is 2.58. The maximum Gasteiger partial charge on any atom is 0.240 e. The van der Waals surface area contributed by atoms with Gasteiger partial charge in [-0.25, -0.2) is 8.78 Å². The van der Waals surface area contributed by atoms with Crippen molar-refractivity contribution in [2.75, 3.05) is 26.2 Å². The van der Waals surface area contributed by atoms with Crippen LogP contribution in [0.2, 0.25) is 5.02 Å². The van der Waals surface area contributed by atoms with Crippen LogP contribution in [0.4, 0.5) is 8.78 Å². The van der Waals surface area contributed by atoms with Crippen molar-refractivity contribution in [3.05, 3.63) is 28.8 Å². The lowest BCUT2D eigenvalue weighted by Gasteiger charge is -2.35. The number of phenolic OH excluding ortho intramolecular Hbond substituents is 1. The summed E-state index contributed by atoms with van der Waals surface area (Å²) in [7, 11) is 0. The topological polar surface area (TPSA) is 35.5 Å². The molecule has 0 bridgehead atoms. The first-order chi connectivity index (χ1) is 9.08. The van der Waals surface area contributed by atoms with Crippen molar-refractivity contribution in [1.29, 1.82) is 0 Å². The Morgan fingerprint density at radius 3 is 2.50 bits per heavy atom. The first-order valence-electron chi connectivity index (χ1n) is 6.29. The third-order valence-electron chi connectivity index (χ3n) is 3.35. The molecular formula is C13H18Cl2F2N2O. The normalized spacial score (nSPS) is 17.8. The van der Waals surface area contributed by atoms with E-state index in [2.05, 4.69) is 5.32 Å². The van der Waals surface area contributed by atoms with Crippen LogP contribution in [0, 0.1) is 0 Å². The molecule has 1 atom stereocenters. The van der Waals surface area contributed by atoms with Crippen LogP contribution >= 0.6 is 24.0 Å². The number of nitrogens with zero attached hydrogens (tertiary/aromatic N) is 1. The molecule has 2 N–H and O–H groups in total. The van der Waals surface area contributed by atoms with Gasteiger partial charge in [-0.15, -0.1) is 12.4 Å². The molecule has 114 valence electrons. The highest BCUT2D eigenvalue weighted by atomic mass is 35.5. The third-order valence-corrected chi connectivity index (χ3v) is 3.65. The van der Waals surface area contributed by atoms with Crippen LogP contribution in [0.5, 0.6) is 5.75 Å². The first-order valence-corrected chi connectivity index (χ1v) is 6.67. The third kappa shape index (κ3) is 4.45. The Morgan fingerprint density at radius 2 is 1.95 bits per heavy atom. The number of nitrogens with one attached hydrogen (secondary N) is 1. The molecule has 1 aromatic rings. The Hall–Kier alpha value is -0.620. The van der Waals surface area contributed by atoms with E-state index in [0.717, 1.165) is 31.7 Å². The van der Waals surface area contributed by atoms with Gasteiger partial charge in [0.05, 0.1) is 5.02 Å². The van der Waals surface area contributed by atoms with Gasteiger partial charge in [0.1, 0.15) is 5.75 Å². The number of piperazine rings is 1. The minimum absolute atomic E-state index is 0. The van der Waals surface area contributed by atoms with Crippen LogP contribution in [0.3, 0.4) is 0 Å². The second kappa shape index (κ2) is 7.98. The molecular weight excluding hydrogens is 309 g/mol. The van der Waals surface area contributed by atoms with Crippen molar-refractivity contribution >= 4 is 24.0 Å². The fourth-order valence-electron chi connectivity index (χ4n) is 2.39. The van der Waals surface area contributed by atoms with Crippen LogP contribution in [0.25, 0.3) is 0 Å². The average Bonchev–Trinajstić information content (AvgIpc) is 2.40. The van der Waals surface area contributed by atoms with Crippen LogP contribution in [0.1, 0.15) is 18.0 Å². The monoisotopic (exact) mass is 326 g/mol. The summed E-state index contributed by atoms with van der Waals surface area (Å²) in [6, 6.07) is 4.33. The lowest BCUT2D eigenvalue weighted by Crippen LogP contribution is -2.45. The quantitative estimate of drug-likeness (QED) is 0.892. The molecule has 0 amide bonds. The predicted molar refractivity (Wildman–Crippen MR) is 78.2 cm³/mol. The molecule has 20 heavy (non-hydrogen) atoms. The van der Waals surface area contributed by atoms with Crippen molar-refractivity contribution in [3.8, 4) is 5.75 Å². The second-order valence-corrected chi connectivity index (χ2v) is 5.05. The highest BCUT2D eigenvalue weighted by Crippen LogP contribution is 2.32. The zero-order chi connectivity index (χ0) is 13.8. The molecule has 0 spiro atoms. The number of hydrogen-bond acceptors (Lipinski definition) is 3. The zero-order valence-electron chi connectivity index (χ0n) is 10.9. The molecule has 1 heterocycles. The highest BCUT2D eigenvalue weighted by molar-refractivity contribution is 6.32. The van der Waals surface area contributed by atoms with Crippen LogP contribution < -0.4 is 5.32 Å². The summed E-state index contributed by atoms with van der Waals surface area (Å²) in [6.07, 6.45) is -2.59. The van der Waals surface area contributed by atoms with Crippen molar-refractivity contribution in [3.63, 3.8) is 0 Å². The van der Waals surface area contributed by atoms with Gasteiger partial charge in [-0.3, -0.25) is 4.90 Å². The minimum atomic E-state index is -2.37. The Morgan fingerprint density at radius 1 is 1.30 bits per heavy atom. The molecule has 0 radical (unpaired) electrons. The van der Waals surface area contributed by atoms with Gasteiger partial charge in [0.2, 0.25) is 6.43 Å². The van der Waals surface area contributed by atoms with Crippen LogP contribution in [-0.4, -0.2) is 42.6 Å². The smallest absolute Gasteiger partial charge is 0.240 e. The summed E-state index contributed by atoms with van der Waals surface area (Å²) in [5.41, 5.74) is 0.727. The zero-order valence-corrected chi connectivity index (χ0v) is 12.4. The number of halogens is 4. The van der Waals surface area contributed by atoms with Gasteiger partial charge in [0.15, 0.2) is 0 Å². The predicted octanol–water partition coefficient (Wildman–Crippen LogP) is 3.07. The van der Waals surface area contributed by atoms with E-state index < -0.39 is 6.43 Å². The minimum Gasteiger partial charge on any atom is -0.506 e. The lowest BCUT2D eigenvalue weighted by molar-refractivity contribution is 0.0739. The number of phenols is 1.